The molecule has 1 aliphatic rings. The summed E-state index contributed by atoms with van der Waals surface area (Å²) in [7, 11) is 0. The molecule has 0 radical (unpaired) electrons. The predicted molar refractivity (Wildman–Crippen MR) is 86.6 cm³/mol. The molecule has 5 nitrogen and oxygen atoms in total. The summed E-state index contributed by atoms with van der Waals surface area (Å²) in [5.41, 5.74) is 10.5. The molecule has 1 aromatic heterocycles. The highest BCUT2D eigenvalue weighted by Gasteiger charge is 2.28. The molecule has 2 aromatic carbocycles. The zero-order valence-electron chi connectivity index (χ0n) is 12.4. The number of hydrogen-bond donors (Lipinski definition) is 2. The van der Waals surface area contributed by atoms with Gasteiger partial charge in [-0.25, -0.2) is 4.68 Å². The first kappa shape index (κ1) is 13.6. The van der Waals surface area contributed by atoms with E-state index in [9.17, 15) is 9.90 Å². The summed E-state index contributed by atoms with van der Waals surface area (Å²) in [6.07, 6.45) is 1.42. The number of fused-ring (bicyclic) bond motifs is 3. The second-order valence-electron chi connectivity index (χ2n) is 5.63. The minimum atomic E-state index is -0.516. The van der Waals surface area contributed by atoms with E-state index in [1.807, 2.05) is 36.4 Å². The van der Waals surface area contributed by atoms with Crippen molar-refractivity contribution in [1.82, 2.24) is 9.78 Å². The molecule has 3 aromatic rings. The lowest BCUT2D eigenvalue weighted by Crippen LogP contribution is -2.15. The first-order chi connectivity index (χ1) is 11.1. The van der Waals surface area contributed by atoms with Crippen molar-refractivity contribution in [2.45, 2.75) is 12.8 Å². The number of phenolic OH excluding ortho intramolecular Hbond substituents is 1. The first-order valence-corrected chi connectivity index (χ1v) is 7.44. The Bertz CT molecular complexity index is 914. The van der Waals surface area contributed by atoms with Gasteiger partial charge >= 0.3 is 0 Å². The van der Waals surface area contributed by atoms with Gasteiger partial charge in [-0.15, -0.1) is 0 Å². The van der Waals surface area contributed by atoms with Crippen molar-refractivity contribution in [2.24, 2.45) is 5.73 Å². The van der Waals surface area contributed by atoms with Gasteiger partial charge in [-0.3, -0.25) is 4.79 Å². The summed E-state index contributed by atoms with van der Waals surface area (Å²) in [4.78, 5) is 11.8. The lowest BCUT2D eigenvalue weighted by molar-refractivity contribution is 0.0994. The van der Waals surface area contributed by atoms with Crippen LogP contribution >= 0.6 is 0 Å². The van der Waals surface area contributed by atoms with Crippen LogP contribution in [-0.2, 0) is 12.8 Å². The molecule has 0 saturated carbocycles. The van der Waals surface area contributed by atoms with Crippen LogP contribution in [0.3, 0.4) is 0 Å². The van der Waals surface area contributed by atoms with Crippen LogP contribution in [0, 0.1) is 0 Å². The van der Waals surface area contributed by atoms with Crippen molar-refractivity contribution in [3.05, 3.63) is 65.4 Å². The Morgan fingerprint density at radius 2 is 1.91 bits per heavy atom. The maximum Gasteiger partial charge on any atom is 0.269 e. The van der Waals surface area contributed by atoms with E-state index >= 15 is 0 Å². The van der Waals surface area contributed by atoms with Crippen LogP contribution in [0.1, 0.15) is 21.6 Å². The number of phenols is 1. The molecule has 23 heavy (non-hydrogen) atoms. The zero-order chi connectivity index (χ0) is 16.0. The quantitative estimate of drug-likeness (QED) is 0.763. The molecule has 0 saturated heterocycles. The van der Waals surface area contributed by atoms with Crippen LogP contribution < -0.4 is 5.73 Å². The molecule has 4 rings (SSSR count). The molecule has 114 valence electrons. The van der Waals surface area contributed by atoms with Crippen molar-refractivity contribution < 1.29 is 9.90 Å². The Hall–Kier alpha value is -3.08. The van der Waals surface area contributed by atoms with Gasteiger partial charge in [-0.05, 0) is 48.7 Å². The monoisotopic (exact) mass is 305 g/mol. The number of primary amides is 1. The summed E-state index contributed by atoms with van der Waals surface area (Å²) in [5.74, 6) is -0.272. The minimum absolute atomic E-state index is 0.244. The Labute approximate surface area is 133 Å². The molecule has 1 heterocycles. The van der Waals surface area contributed by atoms with E-state index in [1.54, 1.807) is 16.8 Å². The molecule has 0 fully saturated rings. The summed E-state index contributed by atoms with van der Waals surface area (Å²) in [5, 5.41) is 14.2. The number of nitrogens with two attached hydrogens (primary N) is 1. The van der Waals surface area contributed by atoms with E-state index in [0.29, 0.717) is 12.1 Å². The Kier molecular flexibility index (Phi) is 2.94. The molecule has 1 aliphatic carbocycles. The third-order valence-electron chi connectivity index (χ3n) is 4.21. The van der Waals surface area contributed by atoms with Gasteiger partial charge in [0.1, 0.15) is 5.75 Å². The summed E-state index contributed by atoms with van der Waals surface area (Å²) < 4.78 is 1.77. The number of amides is 1. The molecule has 3 N–H and O–H groups in total. The SMILES string of the molecule is NC(=O)c1nn(-c2ccccc2)c2c1CCc1cc(O)ccc1-2. The molecule has 0 aliphatic heterocycles. The molecule has 0 spiro atoms. The Balaban J connectivity index is 2.03. The summed E-state index contributed by atoms with van der Waals surface area (Å²) in [6.45, 7) is 0. The lowest BCUT2D eigenvalue weighted by atomic mass is 9.88. The van der Waals surface area contributed by atoms with Crippen LogP contribution in [-0.4, -0.2) is 20.8 Å². The van der Waals surface area contributed by atoms with Gasteiger partial charge < -0.3 is 10.8 Å². The predicted octanol–water partition coefficient (Wildman–Crippen LogP) is 2.44. The molecule has 1 amide bonds. The fourth-order valence-corrected chi connectivity index (χ4v) is 3.20. The van der Waals surface area contributed by atoms with E-state index in [0.717, 1.165) is 34.5 Å². The number of nitrogens with zero attached hydrogens (tertiary/aromatic N) is 2. The third kappa shape index (κ3) is 2.09. The van der Waals surface area contributed by atoms with E-state index < -0.39 is 5.91 Å². The number of aromatic hydroxyl groups is 1. The van der Waals surface area contributed by atoms with Crippen LogP contribution in [0.15, 0.2) is 48.5 Å². The smallest absolute Gasteiger partial charge is 0.269 e. The average molecular weight is 305 g/mol. The molecule has 0 bridgehead atoms. The fraction of sp³-hybridized carbons (Fsp3) is 0.111. The summed E-state index contributed by atoms with van der Waals surface area (Å²) >= 11 is 0. The van der Waals surface area contributed by atoms with Crippen molar-refractivity contribution in [3.8, 4) is 22.7 Å². The summed E-state index contributed by atoms with van der Waals surface area (Å²) in [6, 6.07) is 14.9. The number of carbonyl (C=O) groups excluding carboxylic acids is 1. The van der Waals surface area contributed by atoms with E-state index in [1.165, 1.54) is 0 Å². The molecule has 0 unspecified atom stereocenters. The molecular formula is C18H15N3O2. The van der Waals surface area contributed by atoms with E-state index in [4.69, 9.17) is 5.73 Å². The second kappa shape index (κ2) is 4.98. The van der Waals surface area contributed by atoms with Gasteiger partial charge in [0.15, 0.2) is 5.69 Å². The maximum absolute atomic E-state index is 11.8. The highest BCUT2D eigenvalue weighted by molar-refractivity contribution is 5.95. The number of benzene rings is 2. The first-order valence-electron chi connectivity index (χ1n) is 7.44. The number of para-hydroxylation sites is 1. The zero-order valence-corrected chi connectivity index (χ0v) is 12.4. The van der Waals surface area contributed by atoms with Crippen LogP contribution in [0.5, 0.6) is 5.75 Å². The van der Waals surface area contributed by atoms with Gasteiger partial charge in [0.2, 0.25) is 0 Å². The number of carbonyl (C=O) groups is 1. The fourth-order valence-electron chi connectivity index (χ4n) is 3.20. The number of aromatic nitrogens is 2. The highest BCUT2D eigenvalue weighted by Crippen LogP contribution is 2.38. The second-order valence-corrected chi connectivity index (χ2v) is 5.63. The molecular weight excluding hydrogens is 290 g/mol. The van der Waals surface area contributed by atoms with Crippen LogP contribution in [0.25, 0.3) is 16.9 Å². The molecule has 5 heteroatoms. The maximum atomic E-state index is 11.8. The van der Waals surface area contributed by atoms with Crippen LogP contribution in [0.4, 0.5) is 0 Å². The van der Waals surface area contributed by atoms with E-state index in [2.05, 4.69) is 5.10 Å². The van der Waals surface area contributed by atoms with Gasteiger partial charge in [0.05, 0.1) is 11.4 Å². The third-order valence-corrected chi connectivity index (χ3v) is 4.21. The minimum Gasteiger partial charge on any atom is -0.508 e. The van der Waals surface area contributed by atoms with Crippen molar-refractivity contribution >= 4 is 5.91 Å². The average Bonchev–Trinajstić information content (AvgIpc) is 2.95. The lowest BCUT2D eigenvalue weighted by Gasteiger charge is -2.19. The van der Waals surface area contributed by atoms with E-state index in [-0.39, 0.29) is 5.75 Å². The Morgan fingerprint density at radius 1 is 1.13 bits per heavy atom. The van der Waals surface area contributed by atoms with Gasteiger partial charge in [0.25, 0.3) is 5.91 Å². The number of rotatable bonds is 2. The highest BCUT2D eigenvalue weighted by atomic mass is 16.3. The Morgan fingerprint density at radius 3 is 2.65 bits per heavy atom. The topological polar surface area (TPSA) is 81.1 Å². The normalized spacial score (nSPS) is 12.5. The number of hydrogen-bond acceptors (Lipinski definition) is 3. The van der Waals surface area contributed by atoms with Crippen molar-refractivity contribution in [3.63, 3.8) is 0 Å². The van der Waals surface area contributed by atoms with Crippen molar-refractivity contribution in [1.29, 1.82) is 0 Å². The number of aryl methyl sites for hydroxylation is 1. The van der Waals surface area contributed by atoms with Gasteiger partial charge in [-0.2, -0.15) is 5.10 Å². The molecule has 0 atom stereocenters. The largest absolute Gasteiger partial charge is 0.508 e. The van der Waals surface area contributed by atoms with Crippen molar-refractivity contribution in [2.75, 3.05) is 0 Å². The standard InChI is InChI=1S/C18H15N3O2/c19-18(23)16-15-8-6-11-10-13(22)7-9-14(11)17(15)21(20-16)12-4-2-1-3-5-12/h1-5,7,9-10,22H,6,8H2,(H2,19,23). The van der Waals surface area contributed by atoms with Crippen LogP contribution in [0.2, 0.25) is 0 Å². The van der Waals surface area contributed by atoms with Gasteiger partial charge in [-0.1, -0.05) is 18.2 Å². The van der Waals surface area contributed by atoms with Gasteiger partial charge in [0, 0.05) is 11.1 Å².